The van der Waals surface area contributed by atoms with Crippen molar-refractivity contribution in [3.05, 3.63) is 70.1 Å². The maximum absolute atomic E-state index is 12.3. The zero-order valence-electron chi connectivity index (χ0n) is 14.5. The number of hydrogen-bond acceptors (Lipinski definition) is 6. The van der Waals surface area contributed by atoms with Crippen LogP contribution < -0.4 is 10.9 Å². The number of hydrogen-bond donors (Lipinski definition) is 2. The van der Waals surface area contributed by atoms with Crippen molar-refractivity contribution >= 4 is 5.91 Å². The lowest BCUT2D eigenvalue weighted by molar-refractivity contribution is 0.0835. The van der Waals surface area contributed by atoms with Gasteiger partial charge in [0.25, 0.3) is 17.4 Å². The largest absolute Gasteiger partial charge is 0.368 e. The molecule has 8 heteroatoms. The average molecular weight is 366 g/mol. The second-order valence-electron chi connectivity index (χ2n) is 6.21. The Kier molecular flexibility index (Phi) is 4.80. The molecule has 0 aliphatic carbocycles. The first-order chi connectivity index (χ1) is 13.2. The number of amides is 1. The number of rotatable bonds is 5. The second-order valence-corrected chi connectivity index (χ2v) is 6.21. The van der Waals surface area contributed by atoms with Gasteiger partial charge in [-0.15, -0.1) is 0 Å². The summed E-state index contributed by atoms with van der Waals surface area (Å²) in [6.07, 6.45) is 1.63. The van der Waals surface area contributed by atoms with E-state index in [1.54, 1.807) is 6.07 Å². The summed E-state index contributed by atoms with van der Waals surface area (Å²) < 4.78 is 10.7. The molecule has 1 aliphatic heterocycles. The summed E-state index contributed by atoms with van der Waals surface area (Å²) in [5, 5.41) is 6.47. The van der Waals surface area contributed by atoms with Crippen LogP contribution in [-0.4, -0.2) is 27.6 Å². The van der Waals surface area contributed by atoms with Gasteiger partial charge in [-0.05, 0) is 30.5 Å². The van der Waals surface area contributed by atoms with Crippen molar-refractivity contribution < 1.29 is 14.1 Å². The topological polar surface area (TPSA) is 110 Å². The summed E-state index contributed by atoms with van der Waals surface area (Å²) in [6.45, 7) is 0.746. The van der Waals surface area contributed by atoms with Gasteiger partial charge in [0.2, 0.25) is 0 Å². The Hall–Kier alpha value is -3.26. The fourth-order valence-electron chi connectivity index (χ4n) is 2.94. The smallest absolute Gasteiger partial charge is 0.261 e. The van der Waals surface area contributed by atoms with Gasteiger partial charge in [-0.2, -0.15) is 4.98 Å². The zero-order valence-corrected chi connectivity index (χ0v) is 14.5. The number of pyridine rings is 1. The van der Waals surface area contributed by atoms with Crippen molar-refractivity contribution in [2.24, 2.45) is 0 Å². The van der Waals surface area contributed by atoms with Gasteiger partial charge in [-0.3, -0.25) is 9.59 Å². The number of H-pyrrole nitrogens is 1. The third-order valence-corrected chi connectivity index (χ3v) is 4.33. The van der Waals surface area contributed by atoms with Crippen LogP contribution >= 0.6 is 0 Å². The first-order valence-electron chi connectivity index (χ1n) is 8.72. The molecule has 0 spiro atoms. The molecule has 3 aromatic rings. The summed E-state index contributed by atoms with van der Waals surface area (Å²) in [4.78, 5) is 31.5. The Morgan fingerprint density at radius 3 is 2.81 bits per heavy atom. The van der Waals surface area contributed by atoms with Crippen LogP contribution in [0.4, 0.5) is 0 Å². The maximum Gasteiger partial charge on any atom is 0.261 e. The van der Waals surface area contributed by atoms with E-state index in [-0.39, 0.29) is 18.2 Å². The molecule has 0 saturated carbocycles. The van der Waals surface area contributed by atoms with Crippen molar-refractivity contribution in [2.45, 2.75) is 25.5 Å². The van der Waals surface area contributed by atoms with E-state index in [0.717, 1.165) is 18.4 Å². The maximum atomic E-state index is 12.3. The predicted octanol–water partition coefficient (Wildman–Crippen LogP) is 2.21. The number of carbonyl (C=O) groups excluding carboxylic acids is 1. The van der Waals surface area contributed by atoms with Gasteiger partial charge in [0.15, 0.2) is 5.82 Å². The van der Waals surface area contributed by atoms with Crippen LogP contribution in [0.1, 0.15) is 41.0 Å². The molecule has 1 saturated heterocycles. The minimum Gasteiger partial charge on any atom is -0.368 e. The molecule has 2 aromatic heterocycles. The fraction of sp³-hybridized carbons (Fsp3) is 0.263. The molecule has 0 bridgehead atoms. The molecule has 1 aromatic carbocycles. The van der Waals surface area contributed by atoms with Gasteiger partial charge in [-0.25, -0.2) is 0 Å². The molecule has 1 atom stereocenters. The Morgan fingerprint density at radius 2 is 2.07 bits per heavy atom. The number of nitrogens with zero attached hydrogens (tertiary/aromatic N) is 2. The number of benzene rings is 1. The van der Waals surface area contributed by atoms with Gasteiger partial charge in [0, 0.05) is 12.3 Å². The Morgan fingerprint density at radius 1 is 1.22 bits per heavy atom. The quantitative estimate of drug-likeness (QED) is 0.716. The van der Waals surface area contributed by atoms with Crippen molar-refractivity contribution in [1.82, 2.24) is 20.4 Å². The summed E-state index contributed by atoms with van der Waals surface area (Å²) in [5.74, 6) is 0.257. The molecule has 3 heterocycles. The standard InChI is InChI=1S/C19H18N4O4/c24-17(20-11-16-22-19(27-23-16)15-7-4-10-26-15)13-8-9-14(21-18(13)25)12-5-2-1-3-6-12/h1-3,5-6,8-9,15H,4,7,10-11H2,(H,20,24)(H,21,25)/t15-/m1/s1. The van der Waals surface area contributed by atoms with Crippen LogP contribution in [0.25, 0.3) is 11.3 Å². The highest BCUT2D eigenvalue weighted by molar-refractivity contribution is 5.93. The first-order valence-corrected chi connectivity index (χ1v) is 8.72. The Balaban J connectivity index is 1.42. The van der Waals surface area contributed by atoms with E-state index in [2.05, 4.69) is 20.4 Å². The van der Waals surface area contributed by atoms with E-state index in [1.807, 2.05) is 30.3 Å². The second kappa shape index (κ2) is 7.55. The lowest BCUT2D eigenvalue weighted by Crippen LogP contribution is -2.29. The molecule has 0 radical (unpaired) electrons. The summed E-state index contributed by atoms with van der Waals surface area (Å²) >= 11 is 0. The Labute approximate surface area is 154 Å². The monoisotopic (exact) mass is 366 g/mol. The van der Waals surface area contributed by atoms with Crippen molar-refractivity contribution in [2.75, 3.05) is 6.61 Å². The van der Waals surface area contributed by atoms with Crippen LogP contribution in [0.5, 0.6) is 0 Å². The number of ether oxygens (including phenoxy) is 1. The van der Waals surface area contributed by atoms with Gasteiger partial charge >= 0.3 is 0 Å². The van der Waals surface area contributed by atoms with E-state index in [4.69, 9.17) is 9.26 Å². The third kappa shape index (κ3) is 3.80. The van der Waals surface area contributed by atoms with Crippen molar-refractivity contribution in [3.8, 4) is 11.3 Å². The number of carbonyl (C=O) groups is 1. The summed E-state index contributed by atoms with van der Waals surface area (Å²) in [6, 6.07) is 12.6. The lowest BCUT2D eigenvalue weighted by Gasteiger charge is -2.05. The lowest BCUT2D eigenvalue weighted by atomic mass is 10.1. The predicted molar refractivity (Wildman–Crippen MR) is 95.9 cm³/mol. The van der Waals surface area contributed by atoms with E-state index in [0.29, 0.717) is 24.0 Å². The van der Waals surface area contributed by atoms with Crippen LogP contribution in [0, 0.1) is 0 Å². The number of nitrogens with one attached hydrogen (secondary N) is 2. The van der Waals surface area contributed by atoms with Crippen molar-refractivity contribution in [1.29, 1.82) is 0 Å². The fourth-order valence-corrected chi connectivity index (χ4v) is 2.94. The highest BCUT2D eigenvalue weighted by Gasteiger charge is 2.24. The van der Waals surface area contributed by atoms with E-state index < -0.39 is 11.5 Å². The number of aromatic nitrogens is 3. The SMILES string of the molecule is O=C(NCc1noc([C@H]2CCCO2)n1)c1ccc(-c2ccccc2)[nH]c1=O. The summed E-state index contributed by atoms with van der Waals surface area (Å²) in [5.41, 5.74) is 1.09. The minimum absolute atomic E-state index is 0.0255. The molecule has 2 N–H and O–H groups in total. The van der Waals surface area contributed by atoms with E-state index in [9.17, 15) is 9.59 Å². The van der Waals surface area contributed by atoms with Gasteiger partial charge in [0.1, 0.15) is 11.7 Å². The molecule has 4 rings (SSSR count). The van der Waals surface area contributed by atoms with E-state index >= 15 is 0 Å². The molecule has 0 unspecified atom stereocenters. The van der Waals surface area contributed by atoms with Crippen molar-refractivity contribution in [3.63, 3.8) is 0 Å². The first kappa shape index (κ1) is 17.2. The van der Waals surface area contributed by atoms with Crippen LogP contribution in [0.3, 0.4) is 0 Å². The molecule has 138 valence electrons. The molecule has 8 nitrogen and oxygen atoms in total. The molecule has 1 aliphatic rings. The highest BCUT2D eigenvalue weighted by atomic mass is 16.5. The summed E-state index contributed by atoms with van der Waals surface area (Å²) in [7, 11) is 0. The average Bonchev–Trinajstić information content (AvgIpc) is 3.38. The molecule has 1 fully saturated rings. The van der Waals surface area contributed by atoms with E-state index in [1.165, 1.54) is 6.07 Å². The Bertz CT molecular complexity index is 990. The van der Waals surface area contributed by atoms with Gasteiger partial charge in [-0.1, -0.05) is 35.5 Å². The van der Waals surface area contributed by atoms with Crippen LogP contribution in [0.2, 0.25) is 0 Å². The van der Waals surface area contributed by atoms with Crippen LogP contribution in [0.15, 0.2) is 51.8 Å². The molecular weight excluding hydrogens is 348 g/mol. The minimum atomic E-state index is -0.501. The highest BCUT2D eigenvalue weighted by Crippen LogP contribution is 2.26. The van der Waals surface area contributed by atoms with Gasteiger partial charge < -0.3 is 19.6 Å². The van der Waals surface area contributed by atoms with Gasteiger partial charge in [0.05, 0.1) is 6.54 Å². The molecule has 1 amide bonds. The normalized spacial score (nSPS) is 16.4. The third-order valence-electron chi connectivity index (χ3n) is 4.33. The van der Waals surface area contributed by atoms with Crippen LogP contribution in [-0.2, 0) is 11.3 Å². The zero-order chi connectivity index (χ0) is 18.6. The number of aromatic amines is 1. The molecule has 27 heavy (non-hydrogen) atoms. The molecular formula is C19H18N4O4.